The Morgan fingerprint density at radius 1 is 1.26 bits per heavy atom. The highest BCUT2D eigenvalue weighted by atomic mass is 32.1. The van der Waals surface area contributed by atoms with Crippen molar-refractivity contribution in [3.8, 4) is 0 Å². The molecule has 1 saturated heterocycles. The summed E-state index contributed by atoms with van der Waals surface area (Å²) in [6, 6.07) is 3.78. The molecular weight excluding hydrogens is 358 g/mol. The number of carbonyl (C=O) groups is 1. The van der Waals surface area contributed by atoms with Gasteiger partial charge in [-0.25, -0.2) is 4.98 Å². The zero-order valence-corrected chi connectivity index (χ0v) is 17.5. The smallest absolute Gasteiger partial charge is 0.246 e. The highest BCUT2D eigenvalue weighted by Gasteiger charge is 2.21. The molecule has 5 nitrogen and oxygen atoms in total. The fourth-order valence-electron chi connectivity index (χ4n) is 3.10. The topological polar surface area (TPSA) is 49.6 Å². The van der Waals surface area contributed by atoms with Crippen LogP contribution in [-0.2, 0) is 16.8 Å². The zero-order chi connectivity index (χ0) is 19.4. The summed E-state index contributed by atoms with van der Waals surface area (Å²) in [5.41, 5.74) is 1.24. The summed E-state index contributed by atoms with van der Waals surface area (Å²) >= 11 is 1.74. The van der Waals surface area contributed by atoms with Crippen LogP contribution in [0.5, 0.6) is 0 Å². The first-order chi connectivity index (χ1) is 12.8. The molecule has 1 aliphatic heterocycles. The van der Waals surface area contributed by atoms with E-state index in [0.717, 1.165) is 56.4 Å². The van der Waals surface area contributed by atoms with Gasteiger partial charge in [0.1, 0.15) is 11.5 Å². The van der Waals surface area contributed by atoms with E-state index in [1.165, 1.54) is 5.01 Å². The van der Waals surface area contributed by atoms with Gasteiger partial charge in [-0.1, -0.05) is 20.8 Å². The quantitative estimate of drug-likeness (QED) is 0.742. The number of aromatic nitrogens is 1. The normalized spacial score (nSPS) is 16.8. The van der Waals surface area contributed by atoms with Crippen molar-refractivity contribution >= 4 is 23.3 Å². The van der Waals surface area contributed by atoms with E-state index >= 15 is 0 Å². The molecule has 3 heterocycles. The summed E-state index contributed by atoms with van der Waals surface area (Å²) in [6.07, 6.45) is 4.35. The molecule has 0 saturated carbocycles. The van der Waals surface area contributed by atoms with Gasteiger partial charge in [0.25, 0.3) is 0 Å². The zero-order valence-electron chi connectivity index (χ0n) is 16.7. The second-order valence-electron chi connectivity index (χ2n) is 8.13. The van der Waals surface area contributed by atoms with Crippen molar-refractivity contribution in [3.63, 3.8) is 0 Å². The predicted octanol–water partition coefficient (Wildman–Crippen LogP) is 4.09. The maximum atomic E-state index is 12.5. The van der Waals surface area contributed by atoms with Gasteiger partial charge in [-0.05, 0) is 31.6 Å². The third-order valence-electron chi connectivity index (χ3n) is 4.63. The van der Waals surface area contributed by atoms with Crippen molar-refractivity contribution in [1.29, 1.82) is 0 Å². The minimum Gasteiger partial charge on any atom is -0.462 e. The Balaban J connectivity index is 1.53. The molecule has 0 unspecified atom stereocenters. The first-order valence-corrected chi connectivity index (χ1v) is 10.4. The van der Waals surface area contributed by atoms with E-state index in [2.05, 4.69) is 31.1 Å². The first kappa shape index (κ1) is 19.8. The van der Waals surface area contributed by atoms with Gasteiger partial charge in [-0.15, -0.1) is 11.3 Å². The van der Waals surface area contributed by atoms with Crippen LogP contribution in [-0.4, -0.2) is 46.9 Å². The molecular formula is C21H29N3O2S. The van der Waals surface area contributed by atoms with E-state index in [-0.39, 0.29) is 11.3 Å². The molecule has 6 heteroatoms. The van der Waals surface area contributed by atoms with Crippen LogP contribution >= 0.6 is 11.3 Å². The largest absolute Gasteiger partial charge is 0.462 e. The molecule has 0 N–H and O–H groups in total. The number of hydrogen-bond acceptors (Lipinski definition) is 5. The van der Waals surface area contributed by atoms with Crippen LogP contribution < -0.4 is 0 Å². The standard InChI is InChI=1S/C21H29N3O2S/c1-16-6-7-18(26-16)8-9-19(25)24-11-5-10-23(12-13-24)14-17-15-27-20(22-17)21(2,3)4/h6-9,15H,5,10-14H2,1-4H3/b9-8+. The fourth-order valence-corrected chi connectivity index (χ4v) is 4.00. The maximum Gasteiger partial charge on any atom is 0.246 e. The van der Waals surface area contributed by atoms with Gasteiger partial charge in [-0.2, -0.15) is 0 Å². The number of carbonyl (C=O) groups excluding carboxylic acids is 1. The summed E-state index contributed by atoms with van der Waals surface area (Å²) in [7, 11) is 0. The lowest BCUT2D eigenvalue weighted by molar-refractivity contribution is -0.125. The van der Waals surface area contributed by atoms with E-state index < -0.39 is 0 Å². The van der Waals surface area contributed by atoms with Gasteiger partial charge in [0.15, 0.2) is 0 Å². The average molecular weight is 388 g/mol. The van der Waals surface area contributed by atoms with Crippen molar-refractivity contribution < 1.29 is 9.21 Å². The lowest BCUT2D eigenvalue weighted by atomic mass is 9.98. The van der Waals surface area contributed by atoms with E-state index in [4.69, 9.17) is 9.40 Å². The highest BCUT2D eigenvalue weighted by Crippen LogP contribution is 2.26. The molecule has 0 radical (unpaired) electrons. The summed E-state index contributed by atoms with van der Waals surface area (Å²) < 4.78 is 5.48. The Morgan fingerprint density at radius 3 is 2.74 bits per heavy atom. The Hall–Kier alpha value is -1.92. The van der Waals surface area contributed by atoms with Crippen molar-refractivity contribution in [2.24, 2.45) is 0 Å². The molecule has 1 amide bonds. The monoisotopic (exact) mass is 387 g/mol. The van der Waals surface area contributed by atoms with E-state index in [0.29, 0.717) is 0 Å². The van der Waals surface area contributed by atoms with Gasteiger partial charge in [0.05, 0.1) is 10.7 Å². The van der Waals surface area contributed by atoms with Crippen LogP contribution in [0.4, 0.5) is 0 Å². The van der Waals surface area contributed by atoms with Gasteiger partial charge >= 0.3 is 0 Å². The van der Waals surface area contributed by atoms with E-state index in [1.54, 1.807) is 23.5 Å². The van der Waals surface area contributed by atoms with Gasteiger partial charge in [-0.3, -0.25) is 9.69 Å². The Kier molecular flexibility index (Phi) is 6.17. The summed E-state index contributed by atoms with van der Waals surface area (Å²) in [5, 5.41) is 3.35. The number of hydrogen-bond donors (Lipinski definition) is 0. The molecule has 2 aromatic heterocycles. The first-order valence-electron chi connectivity index (χ1n) is 9.52. The number of furan rings is 1. The van der Waals surface area contributed by atoms with Gasteiger partial charge in [0, 0.05) is 49.6 Å². The van der Waals surface area contributed by atoms with Crippen molar-refractivity contribution in [2.75, 3.05) is 26.2 Å². The number of rotatable bonds is 4. The van der Waals surface area contributed by atoms with E-state index in [1.807, 2.05) is 24.0 Å². The second kappa shape index (κ2) is 8.40. The highest BCUT2D eigenvalue weighted by molar-refractivity contribution is 7.09. The van der Waals surface area contributed by atoms with Crippen LogP contribution in [0.1, 0.15) is 49.4 Å². The molecule has 27 heavy (non-hydrogen) atoms. The molecule has 0 aromatic carbocycles. The van der Waals surface area contributed by atoms with Crippen molar-refractivity contribution in [1.82, 2.24) is 14.8 Å². The predicted molar refractivity (Wildman–Crippen MR) is 110 cm³/mol. The Morgan fingerprint density at radius 2 is 2.07 bits per heavy atom. The summed E-state index contributed by atoms with van der Waals surface area (Å²) in [4.78, 5) is 21.6. The van der Waals surface area contributed by atoms with Crippen LogP contribution in [0.3, 0.4) is 0 Å². The Labute approximate surface area is 165 Å². The third-order valence-corrected chi connectivity index (χ3v) is 5.95. The summed E-state index contributed by atoms with van der Waals surface area (Å²) in [5.74, 6) is 1.62. The molecule has 1 aliphatic rings. The molecule has 2 aromatic rings. The van der Waals surface area contributed by atoms with Crippen LogP contribution in [0.2, 0.25) is 0 Å². The second-order valence-corrected chi connectivity index (χ2v) is 8.99. The van der Waals surface area contributed by atoms with Crippen molar-refractivity contribution in [3.05, 3.63) is 45.8 Å². The minimum atomic E-state index is 0.0505. The van der Waals surface area contributed by atoms with Crippen LogP contribution in [0.25, 0.3) is 6.08 Å². The SMILES string of the molecule is Cc1ccc(/C=C/C(=O)N2CCCN(Cc3csc(C(C)(C)C)n3)CC2)o1. The Bertz CT molecular complexity index is 800. The minimum absolute atomic E-state index is 0.0505. The van der Waals surface area contributed by atoms with E-state index in [9.17, 15) is 4.79 Å². The fraction of sp³-hybridized carbons (Fsp3) is 0.524. The molecule has 146 valence electrons. The number of aryl methyl sites for hydroxylation is 1. The number of nitrogens with zero attached hydrogens (tertiary/aromatic N) is 3. The molecule has 0 bridgehead atoms. The summed E-state index contributed by atoms with van der Waals surface area (Å²) in [6.45, 7) is 12.8. The molecule has 0 spiro atoms. The van der Waals surface area contributed by atoms with Gasteiger partial charge < -0.3 is 9.32 Å². The average Bonchev–Trinajstić information content (AvgIpc) is 3.17. The third kappa shape index (κ3) is 5.53. The lowest BCUT2D eigenvalue weighted by Gasteiger charge is -2.20. The number of thiazole rings is 1. The molecule has 1 fully saturated rings. The number of amides is 1. The van der Waals surface area contributed by atoms with Crippen LogP contribution in [0, 0.1) is 6.92 Å². The lowest BCUT2D eigenvalue weighted by Crippen LogP contribution is -2.34. The molecule has 0 atom stereocenters. The molecule has 0 aliphatic carbocycles. The molecule has 3 rings (SSSR count). The van der Waals surface area contributed by atoms with Crippen LogP contribution in [0.15, 0.2) is 28.0 Å². The maximum absolute atomic E-state index is 12.5. The van der Waals surface area contributed by atoms with Crippen molar-refractivity contribution in [2.45, 2.75) is 46.1 Å². The van der Waals surface area contributed by atoms with Gasteiger partial charge in [0.2, 0.25) is 5.91 Å².